The van der Waals surface area contributed by atoms with Gasteiger partial charge in [-0.15, -0.1) is 10.2 Å². The van der Waals surface area contributed by atoms with Gasteiger partial charge in [0.15, 0.2) is 22.5 Å². The molecule has 1 unspecified atom stereocenters. The molecule has 1 atom stereocenters. The number of rotatable bonds is 7. The van der Waals surface area contributed by atoms with Crippen LogP contribution in [-0.4, -0.2) is 34.6 Å². The molecule has 1 aliphatic rings. The lowest BCUT2D eigenvalue weighted by atomic mass is 10.2. The van der Waals surface area contributed by atoms with Gasteiger partial charge in [0.25, 0.3) is 0 Å². The summed E-state index contributed by atoms with van der Waals surface area (Å²) in [7, 11) is 1.44. The van der Waals surface area contributed by atoms with Crippen molar-refractivity contribution in [2.75, 3.05) is 13.7 Å². The van der Waals surface area contributed by atoms with E-state index in [1.165, 1.54) is 37.1 Å². The molecule has 0 spiro atoms. The van der Waals surface area contributed by atoms with E-state index in [1.807, 2.05) is 10.6 Å². The Bertz CT molecular complexity index is 973. The van der Waals surface area contributed by atoms with Crippen LogP contribution in [0.2, 0.25) is 0 Å². The van der Waals surface area contributed by atoms with E-state index in [1.54, 1.807) is 18.2 Å². The Labute approximate surface area is 172 Å². The highest BCUT2D eigenvalue weighted by molar-refractivity contribution is 7.98. The maximum Gasteiger partial charge on any atom is 0.191 e. The van der Waals surface area contributed by atoms with E-state index in [0.717, 1.165) is 35.7 Å². The number of nitrogens with zero attached hydrogens (tertiary/aromatic N) is 3. The minimum atomic E-state index is -0.390. The molecule has 0 N–H and O–H groups in total. The number of hydrogen-bond donors (Lipinski definition) is 0. The van der Waals surface area contributed by atoms with E-state index >= 15 is 0 Å². The normalized spacial score (nSPS) is 16.3. The lowest BCUT2D eigenvalue weighted by molar-refractivity contribution is 0.0953. The molecule has 5 nitrogen and oxygen atoms in total. The fourth-order valence-electron chi connectivity index (χ4n) is 3.31. The molecule has 0 saturated carbocycles. The van der Waals surface area contributed by atoms with Crippen molar-refractivity contribution >= 4 is 11.8 Å². The van der Waals surface area contributed by atoms with E-state index in [-0.39, 0.29) is 17.7 Å². The maximum atomic E-state index is 14.0. The summed E-state index contributed by atoms with van der Waals surface area (Å²) in [6.07, 6.45) is 2.11. The van der Waals surface area contributed by atoms with Crippen molar-refractivity contribution in [1.82, 2.24) is 14.8 Å². The van der Waals surface area contributed by atoms with Crippen LogP contribution >= 0.6 is 11.8 Å². The molecule has 0 aliphatic carbocycles. The number of benzene rings is 2. The van der Waals surface area contributed by atoms with Gasteiger partial charge in [0.1, 0.15) is 5.82 Å². The lowest BCUT2D eigenvalue weighted by Crippen LogP contribution is -2.16. The summed E-state index contributed by atoms with van der Waals surface area (Å²) in [4.78, 5) is 0. The standard InChI is InChI=1S/C21H21F2N3O2S/c1-27-19-9-4-14(11-18(19)23)13-29-21-25-24-20(15-5-7-16(22)8-6-15)26(21)12-17-3-2-10-28-17/h4-9,11,17H,2-3,10,12-13H2,1H3. The van der Waals surface area contributed by atoms with Crippen LogP contribution in [-0.2, 0) is 17.0 Å². The average Bonchev–Trinajstić information content (AvgIpc) is 3.38. The largest absolute Gasteiger partial charge is 0.494 e. The summed E-state index contributed by atoms with van der Waals surface area (Å²) >= 11 is 1.48. The van der Waals surface area contributed by atoms with Gasteiger partial charge in [-0.05, 0) is 54.8 Å². The zero-order valence-electron chi connectivity index (χ0n) is 16.0. The molecule has 3 aromatic rings. The Morgan fingerprint density at radius 2 is 2.00 bits per heavy atom. The molecule has 1 fully saturated rings. The third-order valence-corrected chi connectivity index (χ3v) is 5.85. The molecule has 4 rings (SSSR count). The summed E-state index contributed by atoms with van der Waals surface area (Å²) in [5.74, 6) is 0.741. The predicted molar refractivity (Wildman–Crippen MR) is 107 cm³/mol. The molecule has 152 valence electrons. The average molecular weight is 417 g/mol. The van der Waals surface area contributed by atoms with Crippen molar-refractivity contribution in [3.05, 3.63) is 59.7 Å². The van der Waals surface area contributed by atoms with Crippen molar-refractivity contribution in [2.45, 2.75) is 36.4 Å². The molecule has 0 amide bonds. The van der Waals surface area contributed by atoms with Crippen molar-refractivity contribution in [3.63, 3.8) is 0 Å². The maximum absolute atomic E-state index is 14.0. The number of hydrogen-bond acceptors (Lipinski definition) is 5. The second-order valence-electron chi connectivity index (χ2n) is 6.82. The van der Waals surface area contributed by atoms with Gasteiger partial charge in [-0.2, -0.15) is 0 Å². The van der Waals surface area contributed by atoms with Crippen LogP contribution in [0.4, 0.5) is 8.78 Å². The zero-order valence-corrected chi connectivity index (χ0v) is 16.8. The molecule has 8 heteroatoms. The third-order valence-electron chi connectivity index (χ3n) is 4.81. The number of aromatic nitrogens is 3. The summed E-state index contributed by atoms with van der Waals surface area (Å²) < 4.78 is 40.1. The molecule has 0 bridgehead atoms. The Morgan fingerprint density at radius 3 is 2.69 bits per heavy atom. The second-order valence-corrected chi connectivity index (χ2v) is 7.76. The topological polar surface area (TPSA) is 49.2 Å². The smallest absolute Gasteiger partial charge is 0.191 e. The van der Waals surface area contributed by atoms with Crippen LogP contribution in [0, 0.1) is 11.6 Å². The highest BCUT2D eigenvalue weighted by atomic mass is 32.2. The summed E-state index contributed by atoms with van der Waals surface area (Å²) in [5, 5.41) is 9.39. The Morgan fingerprint density at radius 1 is 1.17 bits per heavy atom. The van der Waals surface area contributed by atoms with Gasteiger partial charge in [-0.3, -0.25) is 4.57 Å². The van der Waals surface area contributed by atoms with Crippen molar-refractivity contribution in [2.24, 2.45) is 0 Å². The molecule has 2 heterocycles. The first kappa shape index (κ1) is 19.8. The molecule has 1 aromatic heterocycles. The number of ether oxygens (including phenoxy) is 2. The van der Waals surface area contributed by atoms with Crippen LogP contribution in [0.1, 0.15) is 18.4 Å². The van der Waals surface area contributed by atoms with E-state index in [9.17, 15) is 8.78 Å². The summed E-state index contributed by atoms with van der Waals surface area (Å²) in [6.45, 7) is 1.38. The monoisotopic (exact) mass is 417 g/mol. The highest BCUT2D eigenvalue weighted by Gasteiger charge is 2.22. The van der Waals surface area contributed by atoms with Crippen LogP contribution in [0.25, 0.3) is 11.4 Å². The van der Waals surface area contributed by atoms with E-state index < -0.39 is 5.82 Å². The third kappa shape index (κ3) is 4.59. The van der Waals surface area contributed by atoms with Gasteiger partial charge in [-0.25, -0.2) is 8.78 Å². The van der Waals surface area contributed by atoms with Gasteiger partial charge in [0.05, 0.1) is 19.8 Å². The number of thioether (sulfide) groups is 1. The molecule has 0 radical (unpaired) electrons. The quantitative estimate of drug-likeness (QED) is 0.522. The van der Waals surface area contributed by atoms with E-state index in [2.05, 4.69) is 10.2 Å². The van der Waals surface area contributed by atoms with Crippen LogP contribution in [0.15, 0.2) is 47.6 Å². The fraction of sp³-hybridized carbons (Fsp3) is 0.333. The summed E-state index contributed by atoms with van der Waals surface area (Å²) in [6, 6.07) is 11.1. The van der Waals surface area contributed by atoms with Gasteiger partial charge in [0.2, 0.25) is 0 Å². The van der Waals surface area contributed by atoms with Gasteiger partial charge < -0.3 is 9.47 Å². The van der Waals surface area contributed by atoms with Gasteiger partial charge in [-0.1, -0.05) is 17.8 Å². The van der Waals surface area contributed by atoms with Crippen LogP contribution in [0.5, 0.6) is 5.75 Å². The van der Waals surface area contributed by atoms with Gasteiger partial charge >= 0.3 is 0 Å². The highest BCUT2D eigenvalue weighted by Crippen LogP contribution is 2.29. The van der Waals surface area contributed by atoms with Crippen LogP contribution < -0.4 is 4.74 Å². The molecule has 2 aromatic carbocycles. The zero-order chi connectivity index (χ0) is 20.2. The van der Waals surface area contributed by atoms with E-state index in [4.69, 9.17) is 9.47 Å². The molecular formula is C21H21F2N3O2S. The number of halogens is 2. The Hall–Kier alpha value is -2.45. The minimum absolute atomic E-state index is 0.1000. The predicted octanol–water partition coefficient (Wildman–Crippen LogP) is 4.70. The first-order chi connectivity index (χ1) is 14.1. The van der Waals surface area contributed by atoms with Gasteiger partial charge in [0, 0.05) is 17.9 Å². The minimum Gasteiger partial charge on any atom is -0.494 e. The second kappa shape index (κ2) is 8.92. The van der Waals surface area contributed by atoms with Crippen molar-refractivity contribution in [3.8, 4) is 17.1 Å². The Kier molecular flexibility index (Phi) is 6.10. The van der Waals surface area contributed by atoms with Crippen molar-refractivity contribution in [1.29, 1.82) is 0 Å². The first-order valence-corrected chi connectivity index (χ1v) is 10.4. The Balaban J connectivity index is 1.58. The molecule has 29 heavy (non-hydrogen) atoms. The molecule has 1 aliphatic heterocycles. The summed E-state index contributed by atoms with van der Waals surface area (Å²) in [5.41, 5.74) is 1.61. The molecular weight excluding hydrogens is 396 g/mol. The SMILES string of the molecule is COc1ccc(CSc2nnc(-c3ccc(F)cc3)n2CC2CCCO2)cc1F. The lowest BCUT2D eigenvalue weighted by Gasteiger charge is -2.15. The van der Waals surface area contributed by atoms with E-state index in [0.29, 0.717) is 18.1 Å². The van der Waals surface area contributed by atoms with Crippen molar-refractivity contribution < 1.29 is 18.3 Å². The first-order valence-electron chi connectivity index (χ1n) is 9.40. The number of methoxy groups -OCH3 is 1. The van der Waals surface area contributed by atoms with Crippen LogP contribution in [0.3, 0.4) is 0 Å². The molecule has 1 saturated heterocycles. The fourth-order valence-corrected chi connectivity index (χ4v) is 4.20.